The van der Waals surface area contributed by atoms with E-state index in [1.807, 2.05) is 0 Å². The second-order valence-corrected chi connectivity index (χ2v) is 7.56. The number of benzene rings is 1. The highest BCUT2D eigenvalue weighted by Crippen LogP contribution is 2.28. The summed E-state index contributed by atoms with van der Waals surface area (Å²) in [6, 6.07) is 5.84. The topological polar surface area (TPSA) is 93.2 Å². The van der Waals surface area contributed by atoms with Crippen molar-refractivity contribution in [3.8, 4) is 5.75 Å². The number of hydrogen-bond donors (Lipinski definition) is 1. The van der Waals surface area contributed by atoms with E-state index < -0.39 is 20.6 Å². The molecule has 0 aliphatic carbocycles. The fraction of sp³-hybridized carbons (Fsp3) is 0.462. The second-order valence-electron chi connectivity index (χ2n) is 5.06. The first kappa shape index (κ1) is 14.8. The SMILES string of the molecule is CC(C)(C(=O)O)S(=O)(=O)c1cccc(OCC2CO2)c1. The predicted octanol–water partition coefficient (Wildman–Crippen LogP) is 1.10. The average Bonchev–Trinajstić information content (AvgIpc) is 3.20. The molecule has 0 radical (unpaired) electrons. The van der Waals surface area contributed by atoms with E-state index in [2.05, 4.69) is 0 Å². The molecule has 1 aromatic carbocycles. The number of carboxylic acids is 1. The highest BCUT2D eigenvalue weighted by molar-refractivity contribution is 7.93. The molecule has 7 heteroatoms. The highest BCUT2D eigenvalue weighted by Gasteiger charge is 2.43. The highest BCUT2D eigenvalue weighted by atomic mass is 32.2. The molecule has 1 heterocycles. The Morgan fingerprint density at radius 3 is 2.70 bits per heavy atom. The molecule has 1 unspecified atom stereocenters. The van der Waals surface area contributed by atoms with Crippen LogP contribution in [0.2, 0.25) is 0 Å². The molecule has 1 aromatic rings. The van der Waals surface area contributed by atoms with Gasteiger partial charge in [-0.25, -0.2) is 8.42 Å². The zero-order valence-corrected chi connectivity index (χ0v) is 12.0. The lowest BCUT2D eigenvalue weighted by Crippen LogP contribution is -2.40. The molecular weight excluding hydrogens is 284 g/mol. The Hall–Kier alpha value is -1.60. The molecule has 20 heavy (non-hydrogen) atoms. The van der Waals surface area contributed by atoms with Crippen molar-refractivity contribution in [2.24, 2.45) is 0 Å². The summed E-state index contributed by atoms with van der Waals surface area (Å²) in [6.45, 7) is 3.32. The molecule has 1 aliphatic heterocycles. The maximum absolute atomic E-state index is 12.3. The molecule has 0 aromatic heterocycles. The van der Waals surface area contributed by atoms with Gasteiger partial charge in [0.25, 0.3) is 0 Å². The monoisotopic (exact) mass is 300 g/mol. The summed E-state index contributed by atoms with van der Waals surface area (Å²) in [5, 5.41) is 9.06. The first-order valence-electron chi connectivity index (χ1n) is 6.07. The third-order valence-electron chi connectivity index (χ3n) is 3.14. The summed E-state index contributed by atoms with van der Waals surface area (Å²) in [7, 11) is -3.99. The lowest BCUT2D eigenvalue weighted by Gasteiger charge is -2.20. The maximum atomic E-state index is 12.3. The fourth-order valence-electron chi connectivity index (χ4n) is 1.49. The molecule has 0 amide bonds. The van der Waals surface area contributed by atoms with Crippen molar-refractivity contribution in [3.05, 3.63) is 24.3 Å². The number of rotatable bonds is 6. The number of aliphatic carboxylic acids is 1. The van der Waals surface area contributed by atoms with E-state index in [9.17, 15) is 13.2 Å². The van der Waals surface area contributed by atoms with Crippen molar-refractivity contribution in [2.45, 2.75) is 29.6 Å². The van der Waals surface area contributed by atoms with Gasteiger partial charge in [0.15, 0.2) is 14.6 Å². The Kier molecular flexibility index (Phi) is 3.75. The maximum Gasteiger partial charge on any atom is 0.324 e. The third-order valence-corrected chi connectivity index (χ3v) is 5.53. The summed E-state index contributed by atoms with van der Waals surface area (Å²) in [4.78, 5) is 11.1. The van der Waals surface area contributed by atoms with E-state index in [0.717, 1.165) is 13.8 Å². The van der Waals surface area contributed by atoms with Crippen LogP contribution in [-0.2, 0) is 19.4 Å². The average molecular weight is 300 g/mol. The zero-order valence-electron chi connectivity index (χ0n) is 11.2. The van der Waals surface area contributed by atoms with Gasteiger partial charge in [-0.05, 0) is 32.0 Å². The van der Waals surface area contributed by atoms with Crippen molar-refractivity contribution in [2.75, 3.05) is 13.2 Å². The molecular formula is C13H16O6S. The van der Waals surface area contributed by atoms with E-state index in [4.69, 9.17) is 14.6 Å². The molecule has 1 atom stereocenters. The lowest BCUT2D eigenvalue weighted by molar-refractivity contribution is -0.139. The molecule has 0 saturated carbocycles. The third kappa shape index (κ3) is 2.78. The Labute approximate surface area is 117 Å². The van der Waals surface area contributed by atoms with Gasteiger partial charge in [-0.15, -0.1) is 0 Å². The minimum absolute atomic E-state index is 0.0609. The van der Waals surface area contributed by atoms with Crippen LogP contribution in [0.4, 0.5) is 0 Å². The fourth-order valence-corrected chi connectivity index (χ4v) is 2.84. The van der Waals surface area contributed by atoms with Crippen LogP contribution < -0.4 is 4.74 Å². The van der Waals surface area contributed by atoms with Gasteiger partial charge < -0.3 is 14.6 Å². The quantitative estimate of drug-likeness (QED) is 0.791. The Morgan fingerprint density at radius 1 is 1.50 bits per heavy atom. The minimum atomic E-state index is -3.99. The number of ether oxygens (including phenoxy) is 2. The van der Waals surface area contributed by atoms with Gasteiger partial charge in [-0.1, -0.05) is 6.07 Å². The molecule has 1 aliphatic rings. The van der Waals surface area contributed by atoms with Crippen LogP contribution in [0.1, 0.15) is 13.8 Å². The van der Waals surface area contributed by atoms with Crippen LogP contribution in [0, 0.1) is 0 Å². The molecule has 0 spiro atoms. The number of sulfone groups is 1. The van der Waals surface area contributed by atoms with Gasteiger partial charge in [0.05, 0.1) is 11.5 Å². The van der Waals surface area contributed by atoms with Gasteiger partial charge in [0, 0.05) is 0 Å². The molecule has 1 fully saturated rings. The van der Waals surface area contributed by atoms with E-state index in [1.165, 1.54) is 18.2 Å². The molecule has 1 saturated heterocycles. The van der Waals surface area contributed by atoms with Crippen molar-refractivity contribution in [1.29, 1.82) is 0 Å². The Bertz CT molecular complexity index is 616. The van der Waals surface area contributed by atoms with Crippen molar-refractivity contribution >= 4 is 15.8 Å². The van der Waals surface area contributed by atoms with Crippen molar-refractivity contribution in [3.63, 3.8) is 0 Å². The zero-order chi connectivity index (χ0) is 15.0. The van der Waals surface area contributed by atoms with Crippen LogP contribution >= 0.6 is 0 Å². The molecule has 0 bridgehead atoms. The van der Waals surface area contributed by atoms with Crippen LogP contribution in [0.5, 0.6) is 5.75 Å². The normalized spacial score (nSPS) is 18.6. The summed E-state index contributed by atoms with van der Waals surface area (Å²) in [5.74, 6) is -1.02. The first-order valence-corrected chi connectivity index (χ1v) is 7.56. The number of carboxylic acid groups (broad SMARTS) is 1. The molecule has 110 valence electrons. The number of carbonyl (C=O) groups is 1. The smallest absolute Gasteiger partial charge is 0.324 e. The van der Waals surface area contributed by atoms with Gasteiger partial charge in [0.2, 0.25) is 0 Å². The summed E-state index contributed by atoms with van der Waals surface area (Å²) in [5.41, 5.74) is 0. The van der Waals surface area contributed by atoms with Gasteiger partial charge in [0.1, 0.15) is 18.5 Å². The minimum Gasteiger partial charge on any atom is -0.491 e. The molecule has 1 N–H and O–H groups in total. The summed E-state index contributed by atoms with van der Waals surface area (Å²) >= 11 is 0. The van der Waals surface area contributed by atoms with Crippen molar-refractivity contribution < 1.29 is 27.8 Å². The van der Waals surface area contributed by atoms with Crippen LogP contribution in [-0.4, -0.2) is 43.6 Å². The molecule has 6 nitrogen and oxygen atoms in total. The van der Waals surface area contributed by atoms with Crippen molar-refractivity contribution in [1.82, 2.24) is 0 Å². The predicted molar refractivity (Wildman–Crippen MR) is 70.6 cm³/mol. The largest absolute Gasteiger partial charge is 0.491 e. The van der Waals surface area contributed by atoms with Gasteiger partial charge in [-0.2, -0.15) is 0 Å². The lowest BCUT2D eigenvalue weighted by atomic mass is 10.2. The van der Waals surface area contributed by atoms with Crippen LogP contribution in [0.3, 0.4) is 0 Å². The Balaban J connectivity index is 2.27. The van der Waals surface area contributed by atoms with Gasteiger partial charge in [-0.3, -0.25) is 4.79 Å². The first-order chi connectivity index (χ1) is 9.25. The standard InChI is InChI=1S/C13H16O6S/c1-13(2,12(14)15)20(16,17)11-5-3-4-9(6-11)18-7-10-8-19-10/h3-6,10H,7-8H2,1-2H3,(H,14,15). The van der Waals surface area contributed by atoms with Gasteiger partial charge >= 0.3 is 5.97 Å². The van der Waals surface area contributed by atoms with E-state index in [0.29, 0.717) is 19.0 Å². The van der Waals surface area contributed by atoms with E-state index in [1.54, 1.807) is 6.07 Å². The number of hydrogen-bond acceptors (Lipinski definition) is 5. The van der Waals surface area contributed by atoms with E-state index in [-0.39, 0.29) is 11.0 Å². The Morgan fingerprint density at radius 2 is 2.15 bits per heavy atom. The van der Waals surface area contributed by atoms with Crippen LogP contribution in [0.15, 0.2) is 29.2 Å². The summed E-state index contributed by atoms with van der Waals surface area (Å²) < 4.78 is 33.2. The second kappa shape index (κ2) is 5.06. The summed E-state index contributed by atoms with van der Waals surface area (Å²) in [6.07, 6.45) is 0.0609. The van der Waals surface area contributed by atoms with Crippen LogP contribution in [0.25, 0.3) is 0 Å². The molecule has 2 rings (SSSR count). The van der Waals surface area contributed by atoms with E-state index >= 15 is 0 Å². The number of epoxide rings is 1.